The van der Waals surface area contributed by atoms with E-state index in [2.05, 4.69) is 24.3 Å². The van der Waals surface area contributed by atoms with Crippen molar-refractivity contribution in [3.8, 4) is 0 Å². The fourth-order valence-corrected chi connectivity index (χ4v) is 2.69. The van der Waals surface area contributed by atoms with E-state index >= 15 is 0 Å². The van der Waals surface area contributed by atoms with Gasteiger partial charge in [0.25, 0.3) is 0 Å². The molecule has 126 valence electrons. The molecule has 1 fully saturated rings. The van der Waals surface area contributed by atoms with E-state index in [0.29, 0.717) is 25.5 Å². The highest BCUT2D eigenvalue weighted by Gasteiger charge is 2.30. The number of ether oxygens (including phenoxy) is 2. The van der Waals surface area contributed by atoms with E-state index in [-0.39, 0.29) is 12.2 Å². The maximum absolute atomic E-state index is 10.1. The molecule has 0 aromatic carbocycles. The Labute approximate surface area is 132 Å². The summed E-state index contributed by atoms with van der Waals surface area (Å²) >= 11 is 0. The summed E-state index contributed by atoms with van der Waals surface area (Å²) in [7, 11) is 1.63. The highest BCUT2D eigenvalue weighted by Crippen LogP contribution is 2.22. The molecule has 1 aliphatic heterocycles. The number of hydrogen-bond donors (Lipinski definition) is 2. The average molecular weight is 312 g/mol. The first kappa shape index (κ1) is 17.4. The molecule has 0 aliphatic carbocycles. The molecule has 6 heteroatoms. The number of rotatable bonds is 8. The first-order valence-electron chi connectivity index (χ1n) is 8.06. The molecular weight excluding hydrogens is 284 g/mol. The molecule has 0 radical (unpaired) electrons. The summed E-state index contributed by atoms with van der Waals surface area (Å²) in [5.74, 6) is 1.31. The van der Waals surface area contributed by atoms with Gasteiger partial charge in [0.05, 0.1) is 24.0 Å². The third-order valence-corrected chi connectivity index (χ3v) is 3.81. The molecule has 0 spiro atoms. The molecule has 22 heavy (non-hydrogen) atoms. The predicted octanol–water partition coefficient (Wildman–Crippen LogP) is 1.52. The van der Waals surface area contributed by atoms with Crippen LogP contribution in [0.2, 0.25) is 0 Å². The summed E-state index contributed by atoms with van der Waals surface area (Å²) in [6.07, 6.45) is 1.85. The summed E-state index contributed by atoms with van der Waals surface area (Å²) in [6.45, 7) is 6.37. The van der Waals surface area contributed by atoms with Gasteiger partial charge in [0.2, 0.25) is 0 Å². The van der Waals surface area contributed by atoms with E-state index in [1.165, 1.54) is 0 Å². The van der Waals surface area contributed by atoms with Gasteiger partial charge in [-0.05, 0) is 25.3 Å². The maximum Gasteiger partial charge on any atom is 0.162 e. The Morgan fingerprint density at radius 3 is 3.00 bits per heavy atom. The van der Waals surface area contributed by atoms with Crippen molar-refractivity contribution in [1.29, 1.82) is 0 Å². The van der Waals surface area contributed by atoms with Gasteiger partial charge in [0.15, 0.2) is 5.76 Å². The van der Waals surface area contributed by atoms with Crippen LogP contribution in [0.25, 0.3) is 0 Å². The zero-order valence-electron chi connectivity index (χ0n) is 13.7. The lowest BCUT2D eigenvalue weighted by atomic mass is 9.98. The van der Waals surface area contributed by atoms with Crippen LogP contribution in [0.1, 0.15) is 38.1 Å². The zero-order valence-corrected chi connectivity index (χ0v) is 13.7. The number of methoxy groups -OCH3 is 1. The van der Waals surface area contributed by atoms with Gasteiger partial charge in [-0.25, -0.2) is 0 Å². The van der Waals surface area contributed by atoms with E-state index in [0.717, 1.165) is 30.8 Å². The Bertz CT molecular complexity index is 436. The van der Waals surface area contributed by atoms with Crippen molar-refractivity contribution in [2.24, 2.45) is 5.92 Å². The number of nitrogens with zero attached hydrogens (tertiary/aromatic N) is 1. The van der Waals surface area contributed by atoms with Crippen LogP contribution in [-0.2, 0) is 22.5 Å². The second-order valence-corrected chi connectivity index (χ2v) is 6.42. The molecule has 0 saturated carbocycles. The third kappa shape index (κ3) is 5.35. The van der Waals surface area contributed by atoms with E-state index in [1.807, 2.05) is 6.07 Å². The van der Waals surface area contributed by atoms with Crippen LogP contribution in [-0.4, -0.2) is 48.8 Å². The second kappa shape index (κ2) is 8.62. The predicted molar refractivity (Wildman–Crippen MR) is 82.5 cm³/mol. The van der Waals surface area contributed by atoms with Crippen LogP contribution in [0, 0.1) is 5.92 Å². The second-order valence-electron chi connectivity index (χ2n) is 6.42. The quantitative estimate of drug-likeness (QED) is 0.758. The number of aromatic nitrogens is 1. The SMILES string of the molecule is COCc1cc(C[C@@H]2CC[C@H](O)[C@@H](CNCC(C)C)O2)no1. The van der Waals surface area contributed by atoms with Gasteiger partial charge in [-0.3, -0.25) is 0 Å². The molecule has 3 atom stereocenters. The number of aliphatic hydroxyl groups excluding tert-OH is 1. The molecule has 1 aromatic rings. The number of nitrogens with one attached hydrogen (secondary N) is 1. The lowest BCUT2D eigenvalue weighted by molar-refractivity contribution is -0.115. The van der Waals surface area contributed by atoms with Gasteiger partial charge in [0, 0.05) is 26.1 Å². The van der Waals surface area contributed by atoms with Crippen LogP contribution < -0.4 is 5.32 Å². The topological polar surface area (TPSA) is 76.8 Å². The highest BCUT2D eigenvalue weighted by molar-refractivity contribution is 5.06. The van der Waals surface area contributed by atoms with Gasteiger partial charge in [0.1, 0.15) is 6.61 Å². The smallest absolute Gasteiger partial charge is 0.162 e. The molecular formula is C16H28N2O4. The van der Waals surface area contributed by atoms with Gasteiger partial charge >= 0.3 is 0 Å². The van der Waals surface area contributed by atoms with Crippen molar-refractivity contribution in [1.82, 2.24) is 10.5 Å². The highest BCUT2D eigenvalue weighted by atomic mass is 16.5. The fourth-order valence-electron chi connectivity index (χ4n) is 2.69. The number of hydrogen-bond acceptors (Lipinski definition) is 6. The van der Waals surface area contributed by atoms with Crippen molar-refractivity contribution in [3.63, 3.8) is 0 Å². The molecule has 0 amide bonds. The van der Waals surface area contributed by atoms with Crippen molar-refractivity contribution in [2.75, 3.05) is 20.2 Å². The molecule has 1 aromatic heterocycles. The van der Waals surface area contributed by atoms with Crippen molar-refractivity contribution in [2.45, 2.75) is 58.0 Å². The standard InChI is InChI=1S/C16H28N2O4/c1-11(2)8-17-9-16-15(19)5-4-13(21-16)6-12-7-14(10-20-3)22-18-12/h7,11,13,15-17,19H,4-6,8-10H2,1-3H3/t13-,15-,16+/m0/s1. The lowest BCUT2D eigenvalue weighted by Crippen LogP contribution is -2.46. The minimum absolute atomic E-state index is 0.0785. The Balaban J connectivity index is 1.81. The minimum atomic E-state index is -0.391. The Hall–Kier alpha value is -0.950. The van der Waals surface area contributed by atoms with Gasteiger partial charge in [-0.1, -0.05) is 19.0 Å². The summed E-state index contributed by atoms with van der Waals surface area (Å²) in [4.78, 5) is 0. The average Bonchev–Trinajstić information content (AvgIpc) is 2.90. The fraction of sp³-hybridized carbons (Fsp3) is 0.812. The van der Waals surface area contributed by atoms with E-state index in [1.54, 1.807) is 7.11 Å². The van der Waals surface area contributed by atoms with E-state index in [9.17, 15) is 5.11 Å². The van der Waals surface area contributed by atoms with Crippen LogP contribution >= 0.6 is 0 Å². The van der Waals surface area contributed by atoms with Crippen molar-refractivity contribution >= 4 is 0 Å². The van der Waals surface area contributed by atoms with Crippen LogP contribution in [0.3, 0.4) is 0 Å². The van der Waals surface area contributed by atoms with E-state index in [4.69, 9.17) is 14.0 Å². The summed E-state index contributed by atoms with van der Waals surface area (Å²) in [6, 6.07) is 1.91. The van der Waals surface area contributed by atoms with Gasteiger partial charge in [-0.15, -0.1) is 0 Å². The lowest BCUT2D eigenvalue weighted by Gasteiger charge is -2.34. The van der Waals surface area contributed by atoms with E-state index < -0.39 is 6.10 Å². The molecule has 0 bridgehead atoms. The van der Waals surface area contributed by atoms with Gasteiger partial charge in [-0.2, -0.15) is 0 Å². The Kier molecular flexibility index (Phi) is 6.82. The molecule has 2 heterocycles. The molecule has 1 saturated heterocycles. The summed E-state index contributed by atoms with van der Waals surface area (Å²) < 4.78 is 16.2. The largest absolute Gasteiger partial charge is 0.390 e. The summed E-state index contributed by atoms with van der Waals surface area (Å²) in [5.41, 5.74) is 0.877. The van der Waals surface area contributed by atoms with Gasteiger partial charge < -0.3 is 24.4 Å². The van der Waals surface area contributed by atoms with Crippen molar-refractivity contribution < 1.29 is 19.1 Å². The Morgan fingerprint density at radius 2 is 2.27 bits per heavy atom. The maximum atomic E-state index is 10.1. The first-order chi connectivity index (χ1) is 10.6. The van der Waals surface area contributed by atoms with Crippen LogP contribution in [0.4, 0.5) is 0 Å². The van der Waals surface area contributed by atoms with Crippen LogP contribution in [0.5, 0.6) is 0 Å². The summed E-state index contributed by atoms with van der Waals surface area (Å²) in [5, 5.41) is 17.5. The Morgan fingerprint density at radius 1 is 1.45 bits per heavy atom. The van der Waals surface area contributed by atoms with Crippen LogP contribution in [0.15, 0.2) is 10.6 Å². The third-order valence-electron chi connectivity index (χ3n) is 3.81. The molecule has 0 unspecified atom stereocenters. The normalized spacial score (nSPS) is 25.8. The molecule has 1 aliphatic rings. The molecule has 6 nitrogen and oxygen atoms in total. The number of aliphatic hydroxyl groups is 1. The molecule has 2 rings (SSSR count). The molecule has 2 N–H and O–H groups in total. The first-order valence-corrected chi connectivity index (χ1v) is 8.06. The minimum Gasteiger partial charge on any atom is -0.390 e. The van der Waals surface area contributed by atoms with Crippen molar-refractivity contribution in [3.05, 3.63) is 17.5 Å². The monoisotopic (exact) mass is 312 g/mol. The zero-order chi connectivity index (χ0) is 15.9.